The van der Waals surface area contributed by atoms with E-state index in [9.17, 15) is 0 Å². The quantitative estimate of drug-likeness (QED) is 0.867. The third-order valence-corrected chi connectivity index (χ3v) is 3.32. The number of aromatic amines is 1. The summed E-state index contributed by atoms with van der Waals surface area (Å²) in [6.07, 6.45) is 0.865. The molecule has 0 aliphatic carbocycles. The van der Waals surface area contributed by atoms with E-state index >= 15 is 0 Å². The molecule has 96 valence electrons. The molecule has 0 aliphatic rings. The van der Waals surface area contributed by atoms with E-state index in [-0.39, 0.29) is 0 Å². The topological polar surface area (TPSA) is 54.7 Å². The first-order valence-corrected chi connectivity index (χ1v) is 6.47. The fourth-order valence-corrected chi connectivity index (χ4v) is 2.17. The van der Waals surface area contributed by atoms with Crippen molar-refractivity contribution in [3.63, 3.8) is 0 Å². The molecule has 0 saturated heterocycles. The van der Waals surface area contributed by atoms with Crippen LogP contribution in [0.5, 0.6) is 0 Å². The Morgan fingerprint density at radius 3 is 2.44 bits per heavy atom. The average Bonchev–Trinajstić information content (AvgIpc) is 2.72. The van der Waals surface area contributed by atoms with Crippen molar-refractivity contribution >= 4 is 0 Å². The molecule has 0 saturated carbocycles. The Morgan fingerprint density at radius 2 is 1.89 bits per heavy atom. The van der Waals surface area contributed by atoms with Crippen molar-refractivity contribution in [1.82, 2.24) is 10.2 Å². The number of nitrogens with zero attached hydrogens (tertiary/aromatic N) is 1. The SMILES string of the molecule is Cc1[nH]nc(-c2ccc(C(C)C)cc2)c1CCN. The number of hydrogen-bond acceptors (Lipinski definition) is 2. The minimum atomic E-state index is 0.559. The van der Waals surface area contributed by atoms with Crippen molar-refractivity contribution < 1.29 is 0 Å². The van der Waals surface area contributed by atoms with Crippen LogP contribution in [0.15, 0.2) is 24.3 Å². The zero-order valence-corrected chi connectivity index (χ0v) is 11.3. The summed E-state index contributed by atoms with van der Waals surface area (Å²) in [5, 5.41) is 7.45. The Balaban J connectivity index is 2.36. The minimum Gasteiger partial charge on any atom is -0.330 e. The number of hydrogen-bond donors (Lipinski definition) is 2. The summed E-state index contributed by atoms with van der Waals surface area (Å²) < 4.78 is 0. The molecule has 0 amide bonds. The number of aromatic nitrogens is 2. The molecule has 0 spiro atoms. The Labute approximate surface area is 108 Å². The lowest BCUT2D eigenvalue weighted by Gasteiger charge is -2.07. The monoisotopic (exact) mass is 243 g/mol. The molecular weight excluding hydrogens is 222 g/mol. The van der Waals surface area contributed by atoms with Gasteiger partial charge in [-0.2, -0.15) is 5.10 Å². The van der Waals surface area contributed by atoms with Crippen LogP contribution in [0.1, 0.15) is 36.6 Å². The second-order valence-corrected chi connectivity index (χ2v) is 4.99. The fraction of sp³-hybridized carbons (Fsp3) is 0.400. The lowest BCUT2D eigenvalue weighted by Crippen LogP contribution is -2.04. The van der Waals surface area contributed by atoms with Crippen molar-refractivity contribution in [3.8, 4) is 11.3 Å². The van der Waals surface area contributed by atoms with Crippen LogP contribution in [0.3, 0.4) is 0 Å². The second kappa shape index (κ2) is 5.36. The van der Waals surface area contributed by atoms with E-state index in [4.69, 9.17) is 5.73 Å². The van der Waals surface area contributed by atoms with Crippen molar-refractivity contribution in [2.45, 2.75) is 33.1 Å². The highest BCUT2D eigenvalue weighted by Gasteiger charge is 2.11. The van der Waals surface area contributed by atoms with E-state index in [0.717, 1.165) is 23.4 Å². The summed E-state index contributed by atoms with van der Waals surface area (Å²) in [5.41, 5.74) is 11.6. The molecule has 2 aromatic rings. The molecular formula is C15H21N3. The zero-order valence-electron chi connectivity index (χ0n) is 11.3. The predicted molar refractivity (Wildman–Crippen MR) is 75.6 cm³/mol. The molecule has 0 bridgehead atoms. The molecule has 3 N–H and O–H groups in total. The molecule has 2 rings (SSSR count). The van der Waals surface area contributed by atoms with Crippen LogP contribution in [-0.2, 0) is 6.42 Å². The predicted octanol–water partition coefficient (Wildman–Crippen LogP) is 3.01. The van der Waals surface area contributed by atoms with E-state index in [1.54, 1.807) is 0 Å². The van der Waals surface area contributed by atoms with Crippen molar-refractivity contribution in [2.75, 3.05) is 6.54 Å². The van der Waals surface area contributed by atoms with E-state index in [2.05, 4.69) is 48.3 Å². The van der Waals surface area contributed by atoms with Gasteiger partial charge >= 0.3 is 0 Å². The van der Waals surface area contributed by atoms with Gasteiger partial charge in [-0.15, -0.1) is 0 Å². The van der Waals surface area contributed by atoms with Crippen molar-refractivity contribution in [2.24, 2.45) is 5.73 Å². The highest BCUT2D eigenvalue weighted by atomic mass is 15.1. The van der Waals surface area contributed by atoms with Crippen LogP contribution < -0.4 is 5.73 Å². The Bertz CT molecular complexity index is 509. The van der Waals surface area contributed by atoms with Crippen LogP contribution in [0, 0.1) is 6.92 Å². The van der Waals surface area contributed by atoms with Gasteiger partial charge in [-0.25, -0.2) is 0 Å². The van der Waals surface area contributed by atoms with Gasteiger partial charge in [0.25, 0.3) is 0 Å². The number of nitrogens with one attached hydrogen (secondary N) is 1. The molecule has 1 aromatic carbocycles. The van der Waals surface area contributed by atoms with E-state index in [0.29, 0.717) is 12.5 Å². The number of nitrogens with two attached hydrogens (primary N) is 1. The maximum absolute atomic E-state index is 5.66. The molecule has 0 radical (unpaired) electrons. The van der Waals surface area contributed by atoms with Crippen molar-refractivity contribution in [1.29, 1.82) is 0 Å². The largest absolute Gasteiger partial charge is 0.330 e. The maximum atomic E-state index is 5.66. The number of benzene rings is 1. The first kappa shape index (κ1) is 12.8. The van der Waals surface area contributed by atoms with Gasteiger partial charge in [-0.1, -0.05) is 38.1 Å². The fourth-order valence-electron chi connectivity index (χ4n) is 2.17. The first-order valence-electron chi connectivity index (χ1n) is 6.47. The number of H-pyrrole nitrogens is 1. The molecule has 0 aliphatic heterocycles. The summed E-state index contributed by atoms with van der Waals surface area (Å²) in [7, 11) is 0. The summed E-state index contributed by atoms with van der Waals surface area (Å²) >= 11 is 0. The van der Waals surface area contributed by atoms with Gasteiger partial charge in [0.2, 0.25) is 0 Å². The molecule has 0 unspecified atom stereocenters. The lowest BCUT2D eigenvalue weighted by atomic mass is 9.98. The number of rotatable bonds is 4. The van der Waals surface area contributed by atoms with Gasteiger partial charge in [0.1, 0.15) is 0 Å². The first-order chi connectivity index (χ1) is 8.63. The summed E-state index contributed by atoms with van der Waals surface area (Å²) in [6, 6.07) is 8.64. The van der Waals surface area contributed by atoms with E-state index in [1.807, 2.05) is 6.92 Å². The minimum absolute atomic E-state index is 0.559. The molecule has 0 atom stereocenters. The Morgan fingerprint density at radius 1 is 1.22 bits per heavy atom. The normalized spacial score (nSPS) is 11.2. The summed E-state index contributed by atoms with van der Waals surface area (Å²) in [4.78, 5) is 0. The summed E-state index contributed by atoms with van der Waals surface area (Å²) in [5.74, 6) is 0.559. The standard InChI is InChI=1S/C15H21N3/c1-10(2)12-4-6-13(7-5-12)15-14(8-9-16)11(3)17-18-15/h4-7,10H,8-9,16H2,1-3H3,(H,17,18). The molecule has 0 fully saturated rings. The van der Waals surface area contributed by atoms with Gasteiger partial charge in [-0.3, -0.25) is 5.10 Å². The van der Waals surface area contributed by atoms with Crippen LogP contribution >= 0.6 is 0 Å². The van der Waals surface area contributed by atoms with Crippen LogP contribution in [0.4, 0.5) is 0 Å². The van der Waals surface area contributed by atoms with Crippen LogP contribution in [0.25, 0.3) is 11.3 Å². The Kier molecular flexibility index (Phi) is 3.82. The van der Waals surface area contributed by atoms with Gasteiger partial charge < -0.3 is 5.73 Å². The molecule has 1 heterocycles. The smallest absolute Gasteiger partial charge is 0.0955 e. The average molecular weight is 243 g/mol. The Hall–Kier alpha value is -1.61. The van der Waals surface area contributed by atoms with Crippen LogP contribution in [0.2, 0.25) is 0 Å². The second-order valence-electron chi connectivity index (χ2n) is 4.99. The third-order valence-electron chi connectivity index (χ3n) is 3.32. The summed E-state index contributed by atoms with van der Waals surface area (Å²) in [6.45, 7) is 7.10. The molecule has 3 heteroatoms. The van der Waals surface area contributed by atoms with Gasteiger partial charge in [0.15, 0.2) is 0 Å². The van der Waals surface area contributed by atoms with Gasteiger partial charge in [-0.05, 0) is 31.4 Å². The van der Waals surface area contributed by atoms with Gasteiger partial charge in [0, 0.05) is 16.8 Å². The molecule has 3 nitrogen and oxygen atoms in total. The third kappa shape index (κ3) is 2.46. The van der Waals surface area contributed by atoms with Crippen LogP contribution in [-0.4, -0.2) is 16.7 Å². The lowest BCUT2D eigenvalue weighted by molar-refractivity contribution is 0.867. The molecule has 1 aromatic heterocycles. The number of aryl methyl sites for hydroxylation is 1. The van der Waals surface area contributed by atoms with Gasteiger partial charge in [0.05, 0.1) is 5.69 Å². The highest BCUT2D eigenvalue weighted by Crippen LogP contribution is 2.25. The zero-order chi connectivity index (χ0) is 13.1. The molecule has 18 heavy (non-hydrogen) atoms. The highest BCUT2D eigenvalue weighted by molar-refractivity contribution is 5.64. The maximum Gasteiger partial charge on any atom is 0.0955 e. The van der Waals surface area contributed by atoms with E-state index < -0.39 is 0 Å². The van der Waals surface area contributed by atoms with Crippen molar-refractivity contribution in [3.05, 3.63) is 41.1 Å². The van der Waals surface area contributed by atoms with E-state index in [1.165, 1.54) is 11.1 Å².